The molecule has 1 atom stereocenters. The molecular weight excluding hydrogens is 224 g/mol. The zero-order chi connectivity index (χ0) is 13.0. The summed E-state index contributed by atoms with van der Waals surface area (Å²) in [6, 6.07) is 8.88. The van der Waals surface area contributed by atoms with Gasteiger partial charge >= 0.3 is 0 Å². The number of para-hydroxylation sites is 2. The van der Waals surface area contributed by atoms with Crippen LogP contribution >= 0.6 is 0 Å². The highest BCUT2D eigenvalue weighted by Gasteiger charge is 2.21. The second-order valence-electron chi connectivity index (χ2n) is 5.40. The van der Waals surface area contributed by atoms with Crippen molar-refractivity contribution in [1.82, 2.24) is 5.32 Å². The standard InChI is InChI=1S/C15H24N2O/c1-12(2)10-13-11-17(9-8-16-13)14-6-4-5-7-15(14)18-3/h4-7,12-13,16H,8-11H2,1-3H3. The highest BCUT2D eigenvalue weighted by Crippen LogP contribution is 2.28. The van der Waals surface area contributed by atoms with Crippen molar-refractivity contribution in [1.29, 1.82) is 0 Å². The van der Waals surface area contributed by atoms with Crippen molar-refractivity contribution in [2.75, 3.05) is 31.6 Å². The van der Waals surface area contributed by atoms with Crippen molar-refractivity contribution >= 4 is 5.69 Å². The molecule has 0 amide bonds. The Labute approximate surface area is 110 Å². The van der Waals surface area contributed by atoms with Gasteiger partial charge in [0.2, 0.25) is 0 Å². The maximum absolute atomic E-state index is 5.45. The van der Waals surface area contributed by atoms with E-state index in [0.29, 0.717) is 6.04 Å². The predicted octanol–water partition coefficient (Wildman–Crippen LogP) is 2.52. The number of hydrogen-bond donors (Lipinski definition) is 1. The average Bonchev–Trinajstić information content (AvgIpc) is 2.38. The van der Waals surface area contributed by atoms with Crippen molar-refractivity contribution in [3.8, 4) is 5.75 Å². The Morgan fingerprint density at radius 1 is 1.39 bits per heavy atom. The molecule has 0 radical (unpaired) electrons. The van der Waals surface area contributed by atoms with Gasteiger partial charge < -0.3 is 15.0 Å². The highest BCUT2D eigenvalue weighted by molar-refractivity contribution is 5.58. The minimum absolute atomic E-state index is 0.587. The maximum atomic E-state index is 5.45. The van der Waals surface area contributed by atoms with E-state index in [2.05, 4.69) is 36.2 Å². The highest BCUT2D eigenvalue weighted by atomic mass is 16.5. The average molecular weight is 248 g/mol. The Balaban J connectivity index is 2.08. The SMILES string of the molecule is COc1ccccc1N1CCNC(CC(C)C)C1. The number of benzene rings is 1. The van der Waals surface area contributed by atoms with Gasteiger partial charge in [-0.15, -0.1) is 0 Å². The second-order valence-corrected chi connectivity index (χ2v) is 5.40. The predicted molar refractivity (Wildman–Crippen MR) is 76.5 cm³/mol. The second kappa shape index (κ2) is 6.10. The van der Waals surface area contributed by atoms with Crippen LogP contribution in [0.1, 0.15) is 20.3 Å². The third-order valence-corrected chi connectivity index (χ3v) is 3.44. The molecule has 100 valence electrons. The summed E-state index contributed by atoms with van der Waals surface area (Å²) in [5, 5.41) is 3.61. The van der Waals surface area contributed by atoms with E-state index in [0.717, 1.165) is 31.3 Å². The largest absolute Gasteiger partial charge is 0.495 e. The Bertz CT molecular complexity index is 379. The lowest BCUT2D eigenvalue weighted by Crippen LogP contribution is -2.51. The number of rotatable bonds is 4. The third kappa shape index (κ3) is 3.16. The van der Waals surface area contributed by atoms with Crippen molar-refractivity contribution in [3.05, 3.63) is 24.3 Å². The Morgan fingerprint density at radius 2 is 2.17 bits per heavy atom. The van der Waals surface area contributed by atoms with Gasteiger partial charge in [0, 0.05) is 25.7 Å². The van der Waals surface area contributed by atoms with Crippen LogP contribution in [0.2, 0.25) is 0 Å². The van der Waals surface area contributed by atoms with Crippen molar-refractivity contribution in [2.24, 2.45) is 5.92 Å². The molecule has 0 bridgehead atoms. The first kappa shape index (κ1) is 13.2. The van der Waals surface area contributed by atoms with Gasteiger partial charge in [0.15, 0.2) is 0 Å². The summed E-state index contributed by atoms with van der Waals surface area (Å²) in [4.78, 5) is 2.43. The monoisotopic (exact) mass is 248 g/mol. The van der Waals surface area contributed by atoms with Crippen LogP contribution in [0.5, 0.6) is 5.75 Å². The fourth-order valence-corrected chi connectivity index (χ4v) is 2.66. The molecule has 1 unspecified atom stereocenters. The van der Waals surface area contributed by atoms with Crippen LogP contribution in [0.3, 0.4) is 0 Å². The van der Waals surface area contributed by atoms with E-state index in [1.807, 2.05) is 12.1 Å². The normalized spacial score (nSPS) is 20.2. The molecule has 1 aliphatic rings. The van der Waals surface area contributed by atoms with Crippen LogP contribution < -0.4 is 15.0 Å². The number of nitrogens with one attached hydrogen (secondary N) is 1. The van der Waals surface area contributed by atoms with Crippen molar-refractivity contribution < 1.29 is 4.74 Å². The molecule has 0 saturated carbocycles. The Morgan fingerprint density at radius 3 is 2.89 bits per heavy atom. The number of piperazine rings is 1. The third-order valence-electron chi connectivity index (χ3n) is 3.44. The summed E-state index contributed by atoms with van der Waals surface area (Å²) in [6.45, 7) is 7.73. The van der Waals surface area contributed by atoms with E-state index in [4.69, 9.17) is 4.74 Å². The molecule has 1 aromatic carbocycles. The van der Waals surface area contributed by atoms with Gasteiger partial charge in [0.1, 0.15) is 5.75 Å². The molecule has 3 nitrogen and oxygen atoms in total. The Hall–Kier alpha value is -1.22. The molecular formula is C15H24N2O. The maximum Gasteiger partial charge on any atom is 0.142 e. The minimum atomic E-state index is 0.587. The summed E-state index contributed by atoms with van der Waals surface area (Å²) in [5.74, 6) is 1.71. The first-order valence-electron chi connectivity index (χ1n) is 6.82. The number of methoxy groups -OCH3 is 1. The Kier molecular flexibility index (Phi) is 4.48. The summed E-state index contributed by atoms with van der Waals surface area (Å²) in [6.07, 6.45) is 1.23. The summed E-state index contributed by atoms with van der Waals surface area (Å²) < 4.78 is 5.45. The van der Waals surface area contributed by atoms with E-state index in [1.165, 1.54) is 12.1 Å². The van der Waals surface area contributed by atoms with Gasteiger partial charge in [-0.05, 0) is 24.5 Å². The van der Waals surface area contributed by atoms with Gasteiger partial charge in [-0.3, -0.25) is 0 Å². The molecule has 2 rings (SSSR count). The molecule has 1 aromatic rings. The van der Waals surface area contributed by atoms with Gasteiger partial charge in [-0.2, -0.15) is 0 Å². The summed E-state index contributed by atoms with van der Waals surface area (Å²) >= 11 is 0. The van der Waals surface area contributed by atoms with E-state index in [9.17, 15) is 0 Å². The number of ether oxygens (including phenoxy) is 1. The molecule has 1 fully saturated rings. The van der Waals surface area contributed by atoms with Crippen LogP contribution in [0.15, 0.2) is 24.3 Å². The topological polar surface area (TPSA) is 24.5 Å². The molecule has 1 heterocycles. The van der Waals surface area contributed by atoms with Crippen LogP contribution in [-0.4, -0.2) is 32.8 Å². The molecule has 1 N–H and O–H groups in total. The van der Waals surface area contributed by atoms with Gasteiger partial charge in [-0.1, -0.05) is 26.0 Å². The smallest absolute Gasteiger partial charge is 0.142 e. The fourth-order valence-electron chi connectivity index (χ4n) is 2.66. The molecule has 18 heavy (non-hydrogen) atoms. The van der Waals surface area contributed by atoms with E-state index >= 15 is 0 Å². The van der Waals surface area contributed by atoms with Gasteiger partial charge in [0.25, 0.3) is 0 Å². The van der Waals surface area contributed by atoms with Crippen LogP contribution in [-0.2, 0) is 0 Å². The number of nitrogens with zero attached hydrogens (tertiary/aromatic N) is 1. The summed E-state index contributed by atoms with van der Waals surface area (Å²) in [5.41, 5.74) is 1.22. The van der Waals surface area contributed by atoms with Gasteiger partial charge in [0.05, 0.1) is 12.8 Å². The van der Waals surface area contributed by atoms with E-state index in [1.54, 1.807) is 7.11 Å². The molecule has 3 heteroatoms. The quantitative estimate of drug-likeness (QED) is 0.886. The first-order chi connectivity index (χ1) is 8.70. The van der Waals surface area contributed by atoms with Crippen LogP contribution in [0, 0.1) is 5.92 Å². The lowest BCUT2D eigenvalue weighted by atomic mass is 10.0. The van der Waals surface area contributed by atoms with Crippen LogP contribution in [0.4, 0.5) is 5.69 Å². The molecule has 0 aliphatic carbocycles. The molecule has 0 aromatic heterocycles. The molecule has 1 aliphatic heterocycles. The van der Waals surface area contributed by atoms with Crippen LogP contribution in [0.25, 0.3) is 0 Å². The zero-order valence-corrected chi connectivity index (χ0v) is 11.6. The van der Waals surface area contributed by atoms with Crippen molar-refractivity contribution in [3.63, 3.8) is 0 Å². The number of anilines is 1. The minimum Gasteiger partial charge on any atom is -0.495 e. The molecule has 1 saturated heterocycles. The lowest BCUT2D eigenvalue weighted by molar-refractivity contribution is 0.380. The summed E-state index contributed by atoms with van der Waals surface area (Å²) in [7, 11) is 1.74. The zero-order valence-electron chi connectivity index (χ0n) is 11.6. The number of hydrogen-bond acceptors (Lipinski definition) is 3. The lowest BCUT2D eigenvalue weighted by Gasteiger charge is -2.36. The fraction of sp³-hybridized carbons (Fsp3) is 0.600. The van der Waals surface area contributed by atoms with Gasteiger partial charge in [-0.25, -0.2) is 0 Å². The van der Waals surface area contributed by atoms with E-state index in [-0.39, 0.29) is 0 Å². The van der Waals surface area contributed by atoms with Crippen molar-refractivity contribution in [2.45, 2.75) is 26.3 Å². The molecule has 0 spiro atoms. The first-order valence-corrected chi connectivity index (χ1v) is 6.82. The van der Waals surface area contributed by atoms with E-state index < -0.39 is 0 Å².